The van der Waals surface area contributed by atoms with Gasteiger partial charge in [0.1, 0.15) is 5.59 Å². The van der Waals surface area contributed by atoms with Crippen LogP contribution in [0, 0.1) is 0 Å². The molecule has 0 atom stereocenters. The zero-order valence-corrected chi connectivity index (χ0v) is 9.90. The van der Waals surface area contributed by atoms with E-state index in [1.807, 2.05) is 0 Å². The van der Waals surface area contributed by atoms with Gasteiger partial charge in [-0.2, -0.15) is 0 Å². The first-order valence-electron chi connectivity index (χ1n) is 4.83. The Labute approximate surface area is 102 Å². The summed E-state index contributed by atoms with van der Waals surface area (Å²) in [4.78, 5) is 28.3. The fourth-order valence-corrected chi connectivity index (χ4v) is 1.93. The maximum atomic E-state index is 11.4. The number of nitrogen functional groups attached to an aromatic ring is 1. The third-order valence-corrected chi connectivity index (χ3v) is 2.75. The van der Waals surface area contributed by atoms with E-state index < -0.39 is 19.1 Å². The Kier molecular flexibility index (Phi) is 3.29. The molecule has 9 heteroatoms. The van der Waals surface area contributed by atoms with Gasteiger partial charge in [0.25, 0.3) is 0 Å². The van der Waals surface area contributed by atoms with Crippen molar-refractivity contribution in [2.24, 2.45) is 0 Å². The molecule has 90 valence electrons. The molecule has 17 heavy (non-hydrogen) atoms. The fraction of sp³-hybridized carbons (Fsp3) is 0.375. The number of aromatic nitrogens is 1. The molecule has 0 bridgehead atoms. The van der Waals surface area contributed by atoms with Crippen LogP contribution in [0.4, 0.5) is 5.13 Å². The van der Waals surface area contributed by atoms with Crippen LogP contribution in [0.1, 0.15) is 0 Å². The summed E-state index contributed by atoms with van der Waals surface area (Å²) in [7, 11) is 0.529. The van der Waals surface area contributed by atoms with Crippen molar-refractivity contribution in [3.8, 4) is 0 Å². The molecule has 0 unspecified atom stereocenters. The number of thiazole rings is 1. The predicted molar refractivity (Wildman–Crippen MR) is 61.6 cm³/mol. The molecule has 0 radical (unpaired) electrons. The molecule has 1 saturated heterocycles. The molecule has 1 aromatic rings. The first-order chi connectivity index (χ1) is 8.04. The molecule has 2 N–H and O–H groups in total. The summed E-state index contributed by atoms with van der Waals surface area (Å²) in [6, 6.07) is 0. The van der Waals surface area contributed by atoms with Crippen molar-refractivity contribution >= 4 is 41.1 Å². The van der Waals surface area contributed by atoms with Crippen molar-refractivity contribution in [1.29, 1.82) is 0 Å². The molecule has 7 nitrogen and oxygen atoms in total. The topological polar surface area (TPSA) is 94.8 Å². The Balaban J connectivity index is 2.16. The number of likely N-dealkylation sites (N-methyl/N-ethyl adjacent to an activating group) is 1. The third kappa shape index (κ3) is 2.95. The van der Waals surface area contributed by atoms with E-state index in [0.29, 0.717) is 10.7 Å². The number of hydrogen-bond donors (Lipinski definition) is 1. The van der Waals surface area contributed by atoms with Gasteiger partial charge in [0.15, 0.2) is 5.13 Å². The molecule has 1 aliphatic heterocycles. The average molecular weight is 255 g/mol. The molecule has 1 fully saturated rings. The van der Waals surface area contributed by atoms with Gasteiger partial charge in [-0.3, -0.25) is 14.5 Å². The van der Waals surface area contributed by atoms with Crippen LogP contribution in [0.2, 0.25) is 0 Å². The molecular formula is C8H10BN3O4S. The van der Waals surface area contributed by atoms with Gasteiger partial charge in [-0.1, -0.05) is 0 Å². The highest BCUT2D eigenvalue weighted by molar-refractivity contribution is 7.14. The molecule has 0 spiro atoms. The number of nitrogens with two attached hydrogens (primary N) is 1. The standard InChI is InChI=1S/C8H10BN3O4S/c1-12-2-6(13)15-9(16-7(14)3-12)5-4-17-8(10)11-5/h4H,2-3H2,1H3,(H2,10,11). The summed E-state index contributed by atoms with van der Waals surface area (Å²) in [6.45, 7) is 0.0659. The Hall–Kier alpha value is -1.61. The molecule has 0 saturated carbocycles. The minimum Gasteiger partial charge on any atom is -0.493 e. The number of carbonyl (C=O) groups is 2. The van der Waals surface area contributed by atoms with Crippen molar-refractivity contribution in [2.45, 2.75) is 0 Å². The van der Waals surface area contributed by atoms with Crippen LogP contribution in [-0.4, -0.2) is 49.1 Å². The molecule has 0 aliphatic carbocycles. The molecule has 0 amide bonds. The predicted octanol–water partition coefficient (Wildman–Crippen LogP) is -1.55. The Morgan fingerprint density at radius 1 is 1.41 bits per heavy atom. The highest BCUT2D eigenvalue weighted by Gasteiger charge is 2.35. The van der Waals surface area contributed by atoms with Gasteiger partial charge in [0, 0.05) is 5.38 Å². The summed E-state index contributed by atoms with van der Waals surface area (Å²) >= 11 is 1.19. The van der Waals surface area contributed by atoms with Gasteiger partial charge in [-0.15, -0.1) is 11.3 Å². The van der Waals surface area contributed by atoms with E-state index in [4.69, 9.17) is 15.0 Å². The van der Waals surface area contributed by atoms with Crippen LogP contribution in [0.5, 0.6) is 0 Å². The first kappa shape index (κ1) is 11.9. The lowest BCUT2D eigenvalue weighted by atomic mass is 9.85. The van der Waals surface area contributed by atoms with E-state index in [2.05, 4.69) is 4.98 Å². The van der Waals surface area contributed by atoms with Crippen LogP contribution < -0.4 is 11.3 Å². The van der Waals surface area contributed by atoms with Gasteiger partial charge in [-0.25, -0.2) is 4.98 Å². The maximum Gasteiger partial charge on any atom is 0.657 e. The third-order valence-electron chi connectivity index (χ3n) is 2.06. The second kappa shape index (κ2) is 4.72. The number of rotatable bonds is 1. The van der Waals surface area contributed by atoms with E-state index in [9.17, 15) is 9.59 Å². The zero-order valence-electron chi connectivity index (χ0n) is 9.08. The number of carbonyl (C=O) groups excluding carboxylic acids is 2. The summed E-state index contributed by atoms with van der Waals surface area (Å²) in [5.41, 5.74) is 5.80. The van der Waals surface area contributed by atoms with Crippen molar-refractivity contribution in [3.05, 3.63) is 5.38 Å². The van der Waals surface area contributed by atoms with E-state index >= 15 is 0 Å². The summed E-state index contributed by atoms with van der Waals surface area (Å²) in [6.07, 6.45) is 0. The minimum atomic E-state index is -1.10. The minimum absolute atomic E-state index is 0.0330. The van der Waals surface area contributed by atoms with Crippen molar-refractivity contribution in [3.63, 3.8) is 0 Å². The average Bonchev–Trinajstić information content (AvgIpc) is 2.61. The lowest BCUT2D eigenvalue weighted by Crippen LogP contribution is -2.48. The normalized spacial score (nSPS) is 18.3. The SMILES string of the molecule is CN1CC(=O)OB(c2csc(N)n2)OC(=O)C1. The number of hydrogen-bond acceptors (Lipinski definition) is 8. The number of nitrogens with zero attached hydrogens (tertiary/aromatic N) is 2. The molecule has 2 rings (SSSR count). The van der Waals surface area contributed by atoms with E-state index in [0.717, 1.165) is 0 Å². The van der Waals surface area contributed by atoms with Crippen LogP contribution in [0.3, 0.4) is 0 Å². The monoisotopic (exact) mass is 255 g/mol. The van der Waals surface area contributed by atoms with Crippen molar-refractivity contribution < 1.29 is 18.9 Å². The summed E-state index contributed by atoms with van der Waals surface area (Å²) in [5.74, 6) is -0.951. The highest BCUT2D eigenvalue weighted by atomic mass is 32.1. The first-order valence-corrected chi connectivity index (χ1v) is 5.71. The lowest BCUT2D eigenvalue weighted by Gasteiger charge is -2.21. The zero-order chi connectivity index (χ0) is 12.4. The van der Waals surface area contributed by atoms with Crippen LogP contribution in [0.15, 0.2) is 5.38 Å². The Morgan fingerprint density at radius 3 is 2.47 bits per heavy atom. The summed E-state index contributed by atoms with van der Waals surface area (Å²) < 4.78 is 9.99. The molecule has 1 aromatic heterocycles. The summed E-state index contributed by atoms with van der Waals surface area (Å²) in [5, 5.41) is 1.91. The largest absolute Gasteiger partial charge is 0.657 e. The Bertz CT molecular complexity index is 432. The van der Waals surface area contributed by atoms with Crippen LogP contribution in [0.25, 0.3) is 0 Å². The van der Waals surface area contributed by atoms with Gasteiger partial charge < -0.3 is 15.0 Å². The van der Waals surface area contributed by atoms with Crippen LogP contribution >= 0.6 is 11.3 Å². The second-order valence-electron chi connectivity index (χ2n) is 3.59. The van der Waals surface area contributed by atoms with E-state index in [1.165, 1.54) is 16.2 Å². The lowest BCUT2D eigenvalue weighted by molar-refractivity contribution is -0.145. The molecule has 0 aromatic carbocycles. The smallest absolute Gasteiger partial charge is 0.493 e. The van der Waals surface area contributed by atoms with Gasteiger partial charge >= 0.3 is 19.1 Å². The van der Waals surface area contributed by atoms with Crippen molar-refractivity contribution in [1.82, 2.24) is 9.88 Å². The Morgan fingerprint density at radius 2 is 2.00 bits per heavy atom. The quantitative estimate of drug-likeness (QED) is 0.607. The van der Waals surface area contributed by atoms with E-state index in [1.54, 1.807) is 12.4 Å². The molecule has 2 heterocycles. The number of anilines is 1. The van der Waals surface area contributed by atoms with Gasteiger partial charge in [0.2, 0.25) is 0 Å². The molecular weight excluding hydrogens is 245 g/mol. The highest BCUT2D eigenvalue weighted by Crippen LogP contribution is 2.07. The van der Waals surface area contributed by atoms with E-state index in [-0.39, 0.29) is 13.1 Å². The fourth-order valence-electron chi connectivity index (χ4n) is 1.36. The van der Waals surface area contributed by atoms with Gasteiger partial charge in [0.05, 0.1) is 13.1 Å². The van der Waals surface area contributed by atoms with Crippen LogP contribution in [-0.2, 0) is 18.9 Å². The second-order valence-corrected chi connectivity index (χ2v) is 4.48. The molecule has 1 aliphatic rings. The maximum absolute atomic E-state index is 11.4. The van der Waals surface area contributed by atoms with Gasteiger partial charge in [-0.05, 0) is 7.05 Å². The van der Waals surface area contributed by atoms with Crippen molar-refractivity contribution in [2.75, 3.05) is 25.9 Å².